The number of carbonyl (C=O) groups excluding carboxylic acids is 2. The van der Waals surface area contributed by atoms with E-state index >= 15 is 0 Å². The molecule has 11 nitrogen and oxygen atoms in total. The van der Waals surface area contributed by atoms with E-state index < -0.39 is 16.8 Å². The highest BCUT2D eigenvalue weighted by molar-refractivity contribution is 7.98. The number of rotatable bonds is 8. The predicted octanol–water partition coefficient (Wildman–Crippen LogP) is 2.89. The van der Waals surface area contributed by atoms with Crippen molar-refractivity contribution in [2.75, 3.05) is 7.11 Å². The van der Waals surface area contributed by atoms with Crippen LogP contribution in [0.5, 0.6) is 0 Å². The van der Waals surface area contributed by atoms with Crippen LogP contribution >= 0.6 is 11.8 Å². The highest BCUT2D eigenvalue weighted by Crippen LogP contribution is 2.23. The van der Waals surface area contributed by atoms with Gasteiger partial charge in [-0.25, -0.2) is 4.79 Å². The Labute approximate surface area is 173 Å². The van der Waals surface area contributed by atoms with Gasteiger partial charge >= 0.3 is 5.97 Å². The van der Waals surface area contributed by atoms with Gasteiger partial charge in [-0.1, -0.05) is 17.8 Å². The molecular formula is C18H16N4O7S. The van der Waals surface area contributed by atoms with Crippen LogP contribution in [0.15, 0.2) is 44.4 Å². The summed E-state index contributed by atoms with van der Waals surface area (Å²) in [5.41, 5.74) is 0.330. The van der Waals surface area contributed by atoms with E-state index in [1.54, 1.807) is 6.07 Å². The normalized spacial score (nSPS) is 10.6. The molecule has 0 aliphatic carbocycles. The Morgan fingerprint density at radius 2 is 2.03 bits per heavy atom. The Hall–Kier alpha value is -3.67. The summed E-state index contributed by atoms with van der Waals surface area (Å²) in [6.07, 6.45) is 0. The van der Waals surface area contributed by atoms with E-state index in [0.29, 0.717) is 11.5 Å². The molecule has 0 aliphatic heterocycles. The molecule has 1 amide bonds. The highest BCUT2D eigenvalue weighted by atomic mass is 32.2. The van der Waals surface area contributed by atoms with Crippen molar-refractivity contribution in [3.63, 3.8) is 0 Å². The molecule has 2 heterocycles. The Bertz CT molecular complexity index is 1090. The maximum absolute atomic E-state index is 12.3. The first-order valence-electron chi connectivity index (χ1n) is 8.53. The third-order valence-electron chi connectivity index (χ3n) is 3.98. The molecule has 0 atom stereocenters. The number of ether oxygens (including phenoxy) is 1. The summed E-state index contributed by atoms with van der Waals surface area (Å²) >= 11 is 1.19. The Morgan fingerprint density at radius 1 is 1.23 bits per heavy atom. The van der Waals surface area contributed by atoms with Crippen LogP contribution in [-0.4, -0.2) is 34.1 Å². The molecule has 0 spiro atoms. The molecule has 156 valence electrons. The molecular weight excluding hydrogens is 416 g/mol. The van der Waals surface area contributed by atoms with Crippen molar-refractivity contribution < 1.29 is 28.1 Å². The zero-order chi connectivity index (χ0) is 21.7. The number of thioether (sulfide) groups is 1. The molecule has 0 radical (unpaired) electrons. The van der Waals surface area contributed by atoms with Gasteiger partial charge < -0.3 is 18.9 Å². The summed E-state index contributed by atoms with van der Waals surface area (Å²) in [4.78, 5) is 34.2. The van der Waals surface area contributed by atoms with Crippen molar-refractivity contribution in [1.29, 1.82) is 0 Å². The smallest absolute Gasteiger partial charge is 0.373 e. The van der Waals surface area contributed by atoms with Gasteiger partial charge in [-0.2, -0.15) is 0 Å². The molecule has 2 aromatic heterocycles. The molecule has 0 aliphatic rings. The topological polar surface area (TPSA) is 151 Å². The molecule has 1 aromatic carbocycles. The van der Waals surface area contributed by atoms with Gasteiger partial charge in [0.15, 0.2) is 0 Å². The van der Waals surface area contributed by atoms with Gasteiger partial charge in [-0.3, -0.25) is 14.9 Å². The molecule has 0 unspecified atom stereocenters. The summed E-state index contributed by atoms with van der Waals surface area (Å²) in [6.45, 7) is 1.47. The van der Waals surface area contributed by atoms with Crippen LogP contribution in [0.2, 0.25) is 0 Å². The fourth-order valence-electron chi connectivity index (χ4n) is 2.48. The molecule has 0 fully saturated rings. The third kappa shape index (κ3) is 4.84. The fourth-order valence-corrected chi connectivity index (χ4v) is 3.16. The fraction of sp³-hybridized carbons (Fsp3) is 0.222. The molecule has 12 heteroatoms. The van der Waals surface area contributed by atoms with Gasteiger partial charge in [0.05, 0.1) is 24.3 Å². The van der Waals surface area contributed by atoms with E-state index in [-0.39, 0.29) is 40.2 Å². The van der Waals surface area contributed by atoms with E-state index in [1.165, 1.54) is 50.1 Å². The van der Waals surface area contributed by atoms with Gasteiger partial charge in [0.2, 0.25) is 11.7 Å². The maximum atomic E-state index is 12.3. The summed E-state index contributed by atoms with van der Waals surface area (Å²) in [7, 11) is 1.26. The zero-order valence-electron chi connectivity index (χ0n) is 15.9. The molecule has 3 rings (SSSR count). The number of esters is 1. The minimum absolute atomic E-state index is 0.0399. The van der Waals surface area contributed by atoms with E-state index in [9.17, 15) is 19.7 Å². The van der Waals surface area contributed by atoms with Gasteiger partial charge in [0.1, 0.15) is 5.76 Å². The van der Waals surface area contributed by atoms with Crippen LogP contribution in [0.25, 0.3) is 0 Å². The lowest BCUT2D eigenvalue weighted by Gasteiger charge is -2.06. The van der Waals surface area contributed by atoms with Gasteiger partial charge in [0, 0.05) is 17.2 Å². The minimum Gasteiger partial charge on any atom is -0.463 e. The maximum Gasteiger partial charge on any atom is 0.373 e. The monoisotopic (exact) mass is 432 g/mol. The number of hydrogen-bond acceptors (Lipinski definition) is 10. The van der Waals surface area contributed by atoms with Crippen molar-refractivity contribution in [3.8, 4) is 0 Å². The van der Waals surface area contributed by atoms with E-state index in [2.05, 4.69) is 20.3 Å². The van der Waals surface area contributed by atoms with Crippen LogP contribution in [0.1, 0.15) is 38.1 Å². The first-order valence-corrected chi connectivity index (χ1v) is 9.52. The molecule has 1 N–H and O–H groups in total. The molecule has 0 bridgehead atoms. The second-order valence-electron chi connectivity index (χ2n) is 5.90. The number of nitrogens with zero attached hydrogens (tertiary/aromatic N) is 3. The second kappa shape index (κ2) is 9.22. The number of nitro groups is 1. The first kappa shape index (κ1) is 21.0. The van der Waals surface area contributed by atoms with Crippen LogP contribution in [0, 0.1) is 17.0 Å². The average molecular weight is 432 g/mol. The van der Waals surface area contributed by atoms with Gasteiger partial charge in [-0.05, 0) is 25.1 Å². The first-order chi connectivity index (χ1) is 14.4. The van der Waals surface area contributed by atoms with Crippen LogP contribution < -0.4 is 5.32 Å². The predicted molar refractivity (Wildman–Crippen MR) is 103 cm³/mol. The number of methoxy groups -OCH3 is 1. The largest absolute Gasteiger partial charge is 0.463 e. The van der Waals surface area contributed by atoms with E-state index in [0.717, 1.165) is 0 Å². The summed E-state index contributed by atoms with van der Waals surface area (Å²) < 4.78 is 15.4. The van der Waals surface area contributed by atoms with Crippen LogP contribution in [0.3, 0.4) is 0 Å². The standard InChI is InChI=1S/C18H16N4O7S/c1-10-12(4-3-5-13(10)22(25)26)16(23)19-8-15-20-21-18(29-15)30-9-11-6-7-14(28-11)17(24)27-2/h3-7H,8-9H2,1-2H3,(H,19,23). The van der Waals surface area contributed by atoms with Crippen molar-refractivity contribution in [2.45, 2.75) is 24.4 Å². The quantitative estimate of drug-likeness (QED) is 0.243. The number of amides is 1. The number of aromatic nitrogens is 2. The van der Waals surface area contributed by atoms with E-state index in [4.69, 9.17) is 8.83 Å². The van der Waals surface area contributed by atoms with Crippen molar-refractivity contribution in [3.05, 3.63) is 69.0 Å². The number of hydrogen-bond donors (Lipinski definition) is 1. The lowest BCUT2D eigenvalue weighted by molar-refractivity contribution is -0.385. The minimum atomic E-state index is -0.568. The highest BCUT2D eigenvalue weighted by Gasteiger charge is 2.18. The molecule has 3 aromatic rings. The number of carbonyl (C=O) groups is 2. The van der Waals surface area contributed by atoms with Crippen molar-refractivity contribution in [2.24, 2.45) is 0 Å². The molecule has 0 saturated heterocycles. The number of furan rings is 1. The summed E-state index contributed by atoms with van der Waals surface area (Å²) in [5.74, 6) is 0.0741. The van der Waals surface area contributed by atoms with Crippen molar-refractivity contribution >= 4 is 29.3 Å². The summed E-state index contributed by atoms with van der Waals surface area (Å²) in [5, 5.41) is 21.6. The van der Waals surface area contributed by atoms with Gasteiger partial charge in [-0.15, -0.1) is 10.2 Å². The van der Waals surface area contributed by atoms with E-state index in [1.807, 2.05) is 0 Å². The number of nitrogens with one attached hydrogen (secondary N) is 1. The SMILES string of the molecule is COC(=O)c1ccc(CSc2nnc(CNC(=O)c3cccc([N+](=O)[O-])c3C)o2)o1. The van der Waals surface area contributed by atoms with Gasteiger partial charge in [0.25, 0.3) is 16.8 Å². The zero-order valence-corrected chi connectivity index (χ0v) is 16.7. The Morgan fingerprint density at radius 3 is 2.77 bits per heavy atom. The molecule has 0 saturated carbocycles. The van der Waals surface area contributed by atoms with Crippen LogP contribution in [-0.2, 0) is 17.0 Å². The lowest BCUT2D eigenvalue weighted by atomic mass is 10.1. The Balaban J connectivity index is 1.55. The van der Waals surface area contributed by atoms with Crippen molar-refractivity contribution in [1.82, 2.24) is 15.5 Å². The second-order valence-corrected chi connectivity index (χ2v) is 6.82. The number of nitro benzene ring substituents is 1. The lowest BCUT2D eigenvalue weighted by Crippen LogP contribution is -2.24. The average Bonchev–Trinajstić information content (AvgIpc) is 3.39. The Kier molecular flexibility index (Phi) is 6.47. The number of benzene rings is 1. The molecule has 30 heavy (non-hydrogen) atoms. The third-order valence-corrected chi connectivity index (χ3v) is 4.82. The van der Waals surface area contributed by atoms with Crippen LogP contribution in [0.4, 0.5) is 5.69 Å². The summed E-state index contributed by atoms with van der Waals surface area (Å²) in [6, 6.07) is 7.42.